The van der Waals surface area contributed by atoms with Gasteiger partial charge in [-0.25, -0.2) is 13.4 Å². The summed E-state index contributed by atoms with van der Waals surface area (Å²) in [4.78, 5) is 69.0. The zero-order valence-corrected chi connectivity index (χ0v) is 36.3. The van der Waals surface area contributed by atoms with Gasteiger partial charge in [-0.15, -0.1) is 11.3 Å². The molecule has 0 bridgehead atoms. The Labute approximate surface area is 345 Å². The van der Waals surface area contributed by atoms with Crippen LogP contribution in [0.4, 0.5) is 0 Å². The molecular weight excluding hydrogens is 779 g/mol. The third-order valence-corrected chi connectivity index (χ3v) is 14.8. The summed E-state index contributed by atoms with van der Waals surface area (Å²) in [6.45, 7) is 13.5. The Morgan fingerprint density at radius 3 is 2.50 bits per heavy atom. The lowest BCUT2D eigenvalue weighted by Crippen LogP contribution is -2.46. The standard InChI is InChI=1S/C43H57N5O8S2/c1-25(2)48-33-17-13-16-32(38-44-26(3)27(4)57-38)37(33)45-41(48)55-30-21-34-35(49)23-43(40(52)46-58(53,54)31-18-19-31)22-29(43)15-12-10-8-9-11-14-28(39(51)47(34)24-30)20-36(50)56-42(5,6)7/h12-13,15-17,25,28-31,34H,8-11,14,18-24H2,1-7H3,(H,46,52)/b15-12-/t28-,29+,30-,34+,43-/m1/s1. The highest BCUT2D eigenvalue weighted by molar-refractivity contribution is 7.90. The topological polar surface area (TPSA) is 167 Å². The molecule has 1 aromatic carbocycles. The molecule has 1 saturated heterocycles. The smallest absolute Gasteiger partial charge is 0.307 e. The Kier molecular flexibility index (Phi) is 11.7. The minimum absolute atomic E-state index is 0.0477. The first kappa shape index (κ1) is 42.0. The molecule has 3 aromatic rings. The molecule has 314 valence electrons. The van der Waals surface area contributed by atoms with Gasteiger partial charge in [0.2, 0.25) is 21.8 Å². The average Bonchev–Trinajstić information content (AvgIpc) is 3.99. The highest BCUT2D eigenvalue weighted by atomic mass is 32.2. The van der Waals surface area contributed by atoms with E-state index in [9.17, 15) is 27.6 Å². The Balaban J connectivity index is 1.22. The maximum absolute atomic E-state index is 14.7. The van der Waals surface area contributed by atoms with E-state index >= 15 is 0 Å². The van der Waals surface area contributed by atoms with E-state index in [4.69, 9.17) is 19.4 Å². The van der Waals surface area contributed by atoms with Gasteiger partial charge in [0.05, 0.1) is 40.9 Å². The van der Waals surface area contributed by atoms with Crippen molar-refractivity contribution in [2.75, 3.05) is 6.54 Å². The first-order valence-electron chi connectivity index (χ1n) is 20.8. The number of benzene rings is 1. The zero-order chi connectivity index (χ0) is 41.7. The van der Waals surface area contributed by atoms with E-state index in [2.05, 4.69) is 4.72 Å². The fraction of sp³-hybridized carbons (Fsp3) is 0.628. The maximum Gasteiger partial charge on any atom is 0.307 e. The van der Waals surface area contributed by atoms with E-state index in [0.29, 0.717) is 38.1 Å². The minimum atomic E-state index is -3.85. The molecule has 3 fully saturated rings. The molecule has 2 saturated carbocycles. The largest absolute Gasteiger partial charge is 0.460 e. The lowest BCUT2D eigenvalue weighted by atomic mass is 9.90. The molecule has 15 heteroatoms. The summed E-state index contributed by atoms with van der Waals surface area (Å²) in [6, 6.07) is 5.31. The molecule has 1 N–H and O–H groups in total. The molecule has 0 unspecified atom stereocenters. The fourth-order valence-corrected chi connectivity index (χ4v) is 10.8. The van der Waals surface area contributed by atoms with Crippen LogP contribution in [0, 0.1) is 31.1 Å². The first-order chi connectivity index (χ1) is 27.4. The van der Waals surface area contributed by atoms with Crippen molar-refractivity contribution in [1.29, 1.82) is 0 Å². The first-order valence-corrected chi connectivity index (χ1v) is 23.1. The molecule has 7 rings (SSSR count). The van der Waals surface area contributed by atoms with Crippen molar-refractivity contribution in [2.45, 2.75) is 148 Å². The molecule has 4 heterocycles. The summed E-state index contributed by atoms with van der Waals surface area (Å²) in [6.07, 6.45) is 7.98. The Morgan fingerprint density at radius 1 is 1.07 bits per heavy atom. The molecule has 4 aliphatic rings. The predicted octanol–water partition coefficient (Wildman–Crippen LogP) is 7.15. The number of Topliss-reactive ketones (excluding diaryl/α,β-unsaturated/α-hetero) is 1. The summed E-state index contributed by atoms with van der Waals surface area (Å²) in [5.74, 6) is -2.85. The number of para-hydroxylation sites is 1. The number of sulfonamides is 1. The summed E-state index contributed by atoms with van der Waals surface area (Å²) in [7, 11) is -3.85. The van der Waals surface area contributed by atoms with Crippen LogP contribution < -0.4 is 9.46 Å². The Bertz CT molecular complexity index is 2210. The number of esters is 1. The maximum atomic E-state index is 14.7. The lowest BCUT2D eigenvalue weighted by molar-refractivity contribution is -0.159. The van der Waals surface area contributed by atoms with E-state index in [1.165, 1.54) is 4.90 Å². The number of nitrogens with zero attached hydrogens (tertiary/aromatic N) is 4. The summed E-state index contributed by atoms with van der Waals surface area (Å²) >= 11 is 1.60. The predicted molar refractivity (Wildman–Crippen MR) is 222 cm³/mol. The van der Waals surface area contributed by atoms with E-state index in [0.717, 1.165) is 51.4 Å². The number of allylic oxidation sites excluding steroid dienone is 2. The number of amides is 2. The number of carbonyl (C=O) groups is 4. The highest BCUT2D eigenvalue weighted by Crippen LogP contribution is 2.57. The van der Waals surface area contributed by atoms with E-state index in [1.807, 2.05) is 62.6 Å². The third-order valence-electron chi connectivity index (χ3n) is 11.9. The SMILES string of the molecule is Cc1nc(-c2cccc3c2nc(O[C@@H]2C[C@H]4C(=O)C[C@]5(C(=O)NS(=O)(=O)C6CC6)C[C@@H]5/C=C\CCCCC[C@H](CC(=O)OC(C)(C)C)C(=O)N4C2)n3C(C)C)sc1C. The second-order valence-corrected chi connectivity index (χ2v) is 21.2. The van der Waals surface area contributed by atoms with Crippen LogP contribution in [-0.2, 0) is 33.9 Å². The summed E-state index contributed by atoms with van der Waals surface area (Å²) < 4.78 is 42.6. The van der Waals surface area contributed by atoms with Crippen LogP contribution in [-0.4, -0.2) is 81.0 Å². The van der Waals surface area contributed by atoms with Crippen LogP contribution in [0.2, 0.25) is 0 Å². The van der Waals surface area contributed by atoms with Crippen molar-refractivity contribution in [1.82, 2.24) is 24.2 Å². The molecular formula is C43H57N5O8S2. The fourth-order valence-electron chi connectivity index (χ4n) is 8.49. The zero-order valence-electron chi connectivity index (χ0n) is 34.7. The van der Waals surface area contributed by atoms with Gasteiger partial charge >= 0.3 is 5.97 Å². The van der Waals surface area contributed by atoms with Crippen LogP contribution in [0.5, 0.6) is 6.01 Å². The second kappa shape index (κ2) is 16.2. The summed E-state index contributed by atoms with van der Waals surface area (Å²) in [5, 5.41) is 0.262. The van der Waals surface area contributed by atoms with Crippen molar-refractivity contribution in [2.24, 2.45) is 17.3 Å². The van der Waals surface area contributed by atoms with E-state index < -0.39 is 56.2 Å². The van der Waals surface area contributed by atoms with Crippen molar-refractivity contribution in [3.8, 4) is 16.6 Å². The molecule has 0 spiro atoms. The lowest BCUT2D eigenvalue weighted by Gasteiger charge is -2.29. The molecule has 2 aromatic heterocycles. The number of nitrogens with one attached hydrogen (secondary N) is 1. The van der Waals surface area contributed by atoms with Crippen LogP contribution >= 0.6 is 11.3 Å². The number of rotatable bonds is 9. The molecule has 58 heavy (non-hydrogen) atoms. The minimum Gasteiger partial charge on any atom is -0.460 e. The highest BCUT2D eigenvalue weighted by Gasteiger charge is 2.61. The number of imidazole rings is 1. The van der Waals surface area contributed by atoms with Gasteiger partial charge in [0, 0.05) is 35.2 Å². The Morgan fingerprint density at radius 2 is 1.83 bits per heavy atom. The van der Waals surface area contributed by atoms with Crippen LogP contribution in [0.3, 0.4) is 0 Å². The number of carbonyl (C=O) groups excluding carboxylic acids is 4. The normalized spacial score (nSPS) is 26.4. The Hall–Kier alpha value is -4.11. The van der Waals surface area contributed by atoms with Gasteiger partial charge in [-0.1, -0.05) is 31.1 Å². The molecule has 0 radical (unpaired) electrons. The van der Waals surface area contributed by atoms with E-state index in [1.54, 1.807) is 32.1 Å². The molecule has 2 amide bonds. The number of aromatic nitrogens is 3. The molecule has 5 atom stereocenters. The average molecular weight is 836 g/mol. The number of hydrogen-bond donors (Lipinski definition) is 1. The molecule has 13 nitrogen and oxygen atoms in total. The van der Waals surface area contributed by atoms with Gasteiger partial charge in [0.15, 0.2) is 5.78 Å². The third kappa shape index (κ3) is 8.90. The van der Waals surface area contributed by atoms with E-state index in [-0.39, 0.29) is 49.5 Å². The molecule has 2 aliphatic carbocycles. The number of thiazole rings is 1. The second-order valence-electron chi connectivity index (χ2n) is 18.0. The number of ether oxygens (including phenoxy) is 2. The number of aryl methyl sites for hydroxylation is 2. The van der Waals surface area contributed by atoms with Crippen LogP contribution in [0.1, 0.15) is 122 Å². The van der Waals surface area contributed by atoms with Crippen molar-refractivity contribution in [3.63, 3.8) is 0 Å². The molecule has 2 aliphatic heterocycles. The summed E-state index contributed by atoms with van der Waals surface area (Å²) in [5.41, 5.74) is 1.47. The number of hydrogen-bond acceptors (Lipinski definition) is 11. The van der Waals surface area contributed by atoms with Crippen molar-refractivity contribution >= 4 is 56.0 Å². The monoisotopic (exact) mass is 835 g/mol. The van der Waals surface area contributed by atoms with Gasteiger partial charge in [-0.3, -0.25) is 28.5 Å². The quantitative estimate of drug-likeness (QED) is 0.173. The van der Waals surface area contributed by atoms with Gasteiger partial charge in [-0.2, -0.15) is 4.98 Å². The van der Waals surface area contributed by atoms with Gasteiger partial charge in [0.1, 0.15) is 22.2 Å². The van der Waals surface area contributed by atoms with Gasteiger partial charge in [-0.05, 0) is 105 Å². The van der Waals surface area contributed by atoms with Crippen LogP contribution in [0.15, 0.2) is 30.4 Å². The van der Waals surface area contributed by atoms with Crippen molar-refractivity contribution in [3.05, 3.63) is 40.9 Å². The van der Waals surface area contributed by atoms with Gasteiger partial charge in [0.25, 0.3) is 6.01 Å². The number of ketones is 1. The number of fused-ring (bicyclic) bond motifs is 3. The van der Waals surface area contributed by atoms with Gasteiger partial charge < -0.3 is 14.4 Å². The van der Waals surface area contributed by atoms with Crippen LogP contribution in [0.25, 0.3) is 21.6 Å². The van der Waals surface area contributed by atoms with Crippen molar-refractivity contribution < 1.29 is 37.1 Å².